The molecule has 2 aromatic heterocycles. The zero-order valence-electron chi connectivity index (χ0n) is 18.5. The molecule has 0 aliphatic carbocycles. The lowest BCUT2D eigenvalue weighted by molar-refractivity contribution is 0.102. The van der Waals surface area contributed by atoms with Crippen LogP contribution in [0.4, 0.5) is 5.69 Å². The van der Waals surface area contributed by atoms with E-state index in [2.05, 4.69) is 15.4 Å². The molecular formula is C25H23ClN4O3. The third-order valence-electron chi connectivity index (χ3n) is 4.76. The second-order valence-corrected chi connectivity index (χ2v) is 7.73. The molecule has 4 rings (SSSR count). The minimum atomic E-state index is -0.413. The fraction of sp³-hybridized carbons (Fsp3) is 0.160. The molecule has 1 N–H and O–H groups in total. The molecule has 0 saturated heterocycles. The first kappa shape index (κ1) is 22.4. The van der Waals surface area contributed by atoms with Gasteiger partial charge in [-0.05, 0) is 87.5 Å². The Kier molecular flexibility index (Phi) is 6.60. The highest BCUT2D eigenvalue weighted by Gasteiger charge is 2.16. The van der Waals surface area contributed by atoms with Gasteiger partial charge in [0.05, 0.1) is 17.3 Å². The standard InChI is InChI=1S/C25H23ClN4O3/c1-4-32-19-9-11-21(12-10-19)33-20-7-5-18(6-8-20)27-25(31)24-22(26)13-14-23(28-24)30-17(3)15-16(2)29-30/h5-15H,4H2,1-3H3,(H,27,31). The summed E-state index contributed by atoms with van der Waals surface area (Å²) in [7, 11) is 0. The van der Waals surface area contributed by atoms with Gasteiger partial charge < -0.3 is 14.8 Å². The van der Waals surface area contributed by atoms with Crippen molar-refractivity contribution in [1.29, 1.82) is 0 Å². The molecule has 0 aliphatic heterocycles. The Balaban J connectivity index is 1.45. The first-order valence-electron chi connectivity index (χ1n) is 10.5. The first-order chi connectivity index (χ1) is 15.9. The van der Waals surface area contributed by atoms with Gasteiger partial charge in [0.1, 0.15) is 22.9 Å². The number of pyridine rings is 1. The van der Waals surface area contributed by atoms with Crippen LogP contribution < -0.4 is 14.8 Å². The van der Waals surface area contributed by atoms with Crippen LogP contribution in [0.25, 0.3) is 5.82 Å². The van der Waals surface area contributed by atoms with Crippen LogP contribution >= 0.6 is 11.6 Å². The van der Waals surface area contributed by atoms with E-state index in [1.165, 1.54) is 0 Å². The van der Waals surface area contributed by atoms with E-state index in [1.54, 1.807) is 41.1 Å². The molecule has 0 atom stereocenters. The van der Waals surface area contributed by atoms with Crippen molar-refractivity contribution in [3.05, 3.63) is 88.8 Å². The van der Waals surface area contributed by atoms with E-state index >= 15 is 0 Å². The van der Waals surface area contributed by atoms with Crippen molar-refractivity contribution in [2.24, 2.45) is 0 Å². The number of hydrogen-bond acceptors (Lipinski definition) is 5. The van der Waals surface area contributed by atoms with Crippen molar-refractivity contribution in [2.45, 2.75) is 20.8 Å². The summed E-state index contributed by atoms with van der Waals surface area (Å²) in [5.41, 5.74) is 2.49. The van der Waals surface area contributed by atoms with Gasteiger partial charge in [-0.25, -0.2) is 9.67 Å². The number of aryl methyl sites for hydroxylation is 2. The van der Waals surface area contributed by atoms with E-state index in [0.29, 0.717) is 29.6 Å². The molecule has 0 aliphatic rings. The van der Waals surface area contributed by atoms with Crippen molar-refractivity contribution < 1.29 is 14.3 Å². The van der Waals surface area contributed by atoms with Crippen LogP contribution in [-0.4, -0.2) is 27.3 Å². The van der Waals surface area contributed by atoms with Crippen molar-refractivity contribution >= 4 is 23.2 Å². The maximum atomic E-state index is 12.8. The molecule has 0 radical (unpaired) electrons. The minimum Gasteiger partial charge on any atom is -0.494 e. The number of aromatic nitrogens is 3. The summed E-state index contributed by atoms with van der Waals surface area (Å²) in [6.45, 7) is 6.37. The van der Waals surface area contributed by atoms with Gasteiger partial charge in [-0.3, -0.25) is 4.79 Å². The molecule has 2 aromatic carbocycles. The van der Waals surface area contributed by atoms with E-state index < -0.39 is 5.91 Å². The van der Waals surface area contributed by atoms with Gasteiger partial charge in [-0.1, -0.05) is 11.6 Å². The first-order valence-corrected chi connectivity index (χ1v) is 10.8. The van der Waals surface area contributed by atoms with Crippen LogP contribution in [0.1, 0.15) is 28.8 Å². The fourth-order valence-corrected chi connectivity index (χ4v) is 3.46. The van der Waals surface area contributed by atoms with Gasteiger partial charge in [-0.15, -0.1) is 0 Å². The molecule has 1 amide bonds. The van der Waals surface area contributed by atoms with Gasteiger partial charge in [0.15, 0.2) is 5.82 Å². The lowest BCUT2D eigenvalue weighted by Crippen LogP contribution is -2.16. The Morgan fingerprint density at radius 2 is 1.61 bits per heavy atom. The summed E-state index contributed by atoms with van der Waals surface area (Å²) in [6, 6.07) is 19.7. The van der Waals surface area contributed by atoms with Crippen molar-refractivity contribution in [3.63, 3.8) is 0 Å². The number of nitrogens with zero attached hydrogens (tertiary/aromatic N) is 3. The number of rotatable bonds is 7. The number of amides is 1. The molecule has 7 nitrogen and oxygen atoms in total. The van der Waals surface area contributed by atoms with Crippen LogP contribution in [0.3, 0.4) is 0 Å². The van der Waals surface area contributed by atoms with E-state index in [-0.39, 0.29) is 10.7 Å². The Bertz CT molecular complexity index is 1270. The lowest BCUT2D eigenvalue weighted by Gasteiger charge is -2.10. The molecule has 2 heterocycles. The molecule has 0 spiro atoms. The highest BCUT2D eigenvalue weighted by atomic mass is 35.5. The number of carbonyl (C=O) groups is 1. The molecule has 168 valence electrons. The quantitative estimate of drug-likeness (QED) is 0.365. The number of benzene rings is 2. The minimum absolute atomic E-state index is 0.122. The van der Waals surface area contributed by atoms with Crippen LogP contribution in [0.2, 0.25) is 5.02 Å². The zero-order chi connectivity index (χ0) is 23.4. The van der Waals surface area contributed by atoms with Crippen molar-refractivity contribution in [1.82, 2.24) is 14.8 Å². The summed E-state index contributed by atoms with van der Waals surface area (Å²) in [5, 5.41) is 7.49. The van der Waals surface area contributed by atoms with Gasteiger partial charge >= 0.3 is 0 Å². The molecule has 4 aromatic rings. The monoisotopic (exact) mass is 462 g/mol. The van der Waals surface area contributed by atoms with E-state index in [9.17, 15) is 4.79 Å². The normalized spacial score (nSPS) is 10.7. The van der Waals surface area contributed by atoms with Crippen LogP contribution in [0, 0.1) is 13.8 Å². The largest absolute Gasteiger partial charge is 0.494 e. The van der Waals surface area contributed by atoms with Crippen molar-refractivity contribution in [2.75, 3.05) is 11.9 Å². The Morgan fingerprint density at radius 1 is 0.970 bits per heavy atom. The molecule has 0 bridgehead atoms. The average molecular weight is 463 g/mol. The van der Waals surface area contributed by atoms with Crippen molar-refractivity contribution in [3.8, 4) is 23.1 Å². The highest BCUT2D eigenvalue weighted by Crippen LogP contribution is 2.26. The number of carbonyl (C=O) groups excluding carboxylic acids is 1. The smallest absolute Gasteiger partial charge is 0.275 e. The predicted molar refractivity (Wildman–Crippen MR) is 128 cm³/mol. The summed E-state index contributed by atoms with van der Waals surface area (Å²) >= 11 is 6.25. The molecule has 8 heteroatoms. The second-order valence-electron chi connectivity index (χ2n) is 7.32. The van der Waals surface area contributed by atoms with Crippen LogP contribution in [-0.2, 0) is 0 Å². The van der Waals surface area contributed by atoms with E-state index in [4.69, 9.17) is 21.1 Å². The lowest BCUT2D eigenvalue weighted by atomic mass is 10.2. The second kappa shape index (κ2) is 9.75. The Labute approximate surface area is 196 Å². The molecule has 0 unspecified atom stereocenters. The summed E-state index contributed by atoms with van der Waals surface area (Å²) < 4.78 is 13.0. The van der Waals surface area contributed by atoms with E-state index in [0.717, 1.165) is 17.1 Å². The Hall–Kier alpha value is -3.84. The maximum Gasteiger partial charge on any atom is 0.275 e. The predicted octanol–water partition coefficient (Wildman–Crippen LogP) is 5.98. The number of halogens is 1. The molecular weight excluding hydrogens is 440 g/mol. The van der Waals surface area contributed by atoms with Gasteiger partial charge in [0, 0.05) is 11.4 Å². The summed E-state index contributed by atoms with van der Waals surface area (Å²) in [5.74, 6) is 2.22. The van der Waals surface area contributed by atoms with Crippen LogP contribution in [0.5, 0.6) is 17.2 Å². The number of ether oxygens (including phenoxy) is 2. The molecule has 0 saturated carbocycles. The molecule has 0 fully saturated rings. The zero-order valence-corrected chi connectivity index (χ0v) is 19.3. The molecule has 33 heavy (non-hydrogen) atoms. The summed E-state index contributed by atoms with van der Waals surface area (Å²) in [4.78, 5) is 17.3. The number of anilines is 1. The highest BCUT2D eigenvalue weighted by molar-refractivity contribution is 6.34. The maximum absolute atomic E-state index is 12.8. The van der Waals surface area contributed by atoms with Gasteiger partial charge in [-0.2, -0.15) is 5.10 Å². The summed E-state index contributed by atoms with van der Waals surface area (Å²) in [6.07, 6.45) is 0. The van der Waals surface area contributed by atoms with Gasteiger partial charge in [0.25, 0.3) is 5.91 Å². The average Bonchev–Trinajstić information content (AvgIpc) is 3.14. The third kappa shape index (κ3) is 5.32. The van der Waals surface area contributed by atoms with Crippen LogP contribution in [0.15, 0.2) is 66.7 Å². The topological polar surface area (TPSA) is 78.3 Å². The number of nitrogens with one attached hydrogen (secondary N) is 1. The van der Waals surface area contributed by atoms with Gasteiger partial charge in [0.2, 0.25) is 0 Å². The Morgan fingerprint density at radius 3 is 2.21 bits per heavy atom. The van der Waals surface area contributed by atoms with E-state index in [1.807, 2.05) is 51.1 Å². The number of hydrogen-bond donors (Lipinski definition) is 1. The SMILES string of the molecule is CCOc1ccc(Oc2ccc(NC(=O)c3nc(-n4nc(C)cc4C)ccc3Cl)cc2)cc1. The fourth-order valence-electron chi connectivity index (χ4n) is 3.27. The third-order valence-corrected chi connectivity index (χ3v) is 5.06.